The lowest BCUT2D eigenvalue weighted by Crippen LogP contribution is -2.18. The van der Waals surface area contributed by atoms with Crippen LogP contribution in [0.15, 0.2) is 23.4 Å². The van der Waals surface area contributed by atoms with Gasteiger partial charge in [0.1, 0.15) is 6.21 Å². The fourth-order valence-electron chi connectivity index (χ4n) is 1.33. The van der Waals surface area contributed by atoms with Gasteiger partial charge in [0, 0.05) is 5.69 Å². The minimum absolute atomic E-state index is 0.145. The van der Waals surface area contributed by atoms with E-state index in [0.29, 0.717) is 12.3 Å². The molecule has 0 saturated carbocycles. The number of anilines is 1. The number of hydrogen-bond donors (Lipinski definition) is 2. The Hall–Kier alpha value is -2.26. The van der Waals surface area contributed by atoms with Crippen LogP contribution in [-0.2, 0) is 17.1 Å². The van der Waals surface area contributed by atoms with E-state index in [4.69, 9.17) is 5.21 Å². The molecule has 0 atom stereocenters. The van der Waals surface area contributed by atoms with Crippen molar-refractivity contribution in [1.29, 1.82) is 0 Å². The van der Waals surface area contributed by atoms with Crippen molar-refractivity contribution in [2.24, 2.45) is 5.16 Å². The number of nitrogens with one attached hydrogen (secondary N) is 1. The van der Waals surface area contributed by atoms with Gasteiger partial charge in [-0.15, -0.1) is 0 Å². The Balaban J connectivity index is 3.26. The van der Waals surface area contributed by atoms with Gasteiger partial charge in [0.15, 0.2) is 0 Å². The first-order chi connectivity index (χ1) is 9.05. The van der Waals surface area contributed by atoms with E-state index in [9.17, 15) is 31.1 Å². The smallest absolute Gasteiger partial charge is 0.411 e. The van der Waals surface area contributed by atoms with E-state index < -0.39 is 35.1 Å². The Morgan fingerprint density at radius 1 is 1.10 bits per heavy atom. The monoisotopic (exact) mass is 300 g/mol. The standard InChI is InChI=1S/C10H6F6N2O2/c11-9(12,13)6-2-1-5(18-8(19)4-17-20)3-7(6)10(14,15)16/h1-4,20H,(H,18,19)/b17-4+. The molecular formula is C10H6F6N2O2. The van der Waals surface area contributed by atoms with Gasteiger partial charge in [-0.1, -0.05) is 5.16 Å². The number of halogens is 6. The SMILES string of the molecule is O=C(/C=N/O)Nc1ccc(C(F)(F)F)c(C(F)(F)F)c1. The number of carbonyl (C=O) groups excluding carboxylic acids is 1. The number of benzene rings is 1. The van der Waals surface area contributed by atoms with Crippen LogP contribution in [0.3, 0.4) is 0 Å². The maximum absolute atomic E-state index is 12.6. The van der Waals surface area contributed by atoms with Gasteiger partial charge in [-0.2, -0.15) is 26.3 Å². The second-order valence-electron chi connectivity index (χ2n) is 3.49. The van der Waals surface area contributed by atoms with Crippen LogP contribution < -0.4 is 5.32 Å². The predicted octanol–water partition coefficient (Wildman–Crippen LogP) is 3.12. The number of amides is 1. The summed E-state index contributed by atoms with van der Waals surface area (Å²) in [6, 6.07) is 1.00. The minimum Gasteiger partial charge on any atom is -0.411 e. The summed E-state index contributed by atoms with van der Waals surface area (Å²) in [5.74, 6) is -1.10. The highest BCUT2D eigenvalue weighted by Crippen LogP contribution is 2.41. The van der Waals surface area contributed by atoms with Crippen molar-refractivity contribution in [3.8, 4) is 0 Å². The molecule has 0 unspecified atom stereocenters. The summed E-state index contributed by atoms with van der Waals surface area (Å²) in [5.41, 5.74) is -4.31. The van der Waals surface area contributed by atoms with Crippen molar-refractivity contribution in [1.82, 2.24) is 0 Å². The number of alkyl halides is 6. The summed E-state index contributed by atoms with van der Waals surface area (Å²) >= 11 is 0. The molecule has 0 spiro atoms. The maximum Gasteiger partial charge on any atom is 0.417 e. The number of hydrogen-bond acceptors (Lipinski definition) is 3. The molecular weight excluding hydrogens is 294 g/mol. The predicted molar refractivity (Wildman–Crippen MR) is 55.4 cm³/mol. The second-order valence-corrected chi connectivity index (χ2v) is 3.49. The summed E-state index contributed by atoms with van der Waals surface area (Å²) in [6.07, 6.45) is -10.1. The highest BCUT2D eigenvalue weighted by atomic mass is 19.4. The lowest BCUT2D eigenvalue weighted by molar-refractivity contribution is -0.162. The van der Waals surface area contributed by atoms with Crippen LogP contribution in [0.4, 0.5) is 32.0 Å². The summed E-state index contributed by atoms with van der Waals surface area (Å²) in [5, 5.41) is 12.2. The fourth-order valence-corrected chi connectivity index (χ4v) is 1.33. The molecule has 0 aromatic heterocycles. The van der Waals surface area contributed by atoms with E-state index in [1.54, 1.807) is 0 Å². The van der Waals surface area contributed by atoms with Gasteiger partial charge in [0.25, 0.3) is 5.91 Å². The lowest BCUT2D eigenvalue weighted by atomic mass is 10.1. The number of carbonyl (C=O) groups is 1. The first-order valence-corrected chi connectivity index (χ1v) is 4.82. The molecule has 0 bridgehead atoms. The molecule has 10 heteroatoms. The van der Waals surface area contributed by atoms with Crippen LogP contribution in [-0.4, -0.2) is 17.3 Å². The third-order valence-electron chi connectivity index (χ3n) is 2.07. The van der Waals surface area contributed by atoms with Crippen molar-refractivity contribution in [2.75, 3.05) is 5.32 Å². The maximum atomic E-state index is 12.6. The molecule has 0 aliphatic rings. The fraction of sp³-hybridized carbons (Fsp3) is 0.200. The van der Waals surface area contributed by atoms with Crippen LogP contribution in [0.2, 0.25) is 0 Å². The van der Waals surface area contributed by atoms with E-state index in [0.717, 1.165) is 0 Å². The highest BCUT2D eigenvalue weighted by Gasteiger charge is 2.43. The molecule has 0 aliphatic carbocycles. The first kappa shape index (κ1) is 15.8. The van der Waals surface area contributed by atoms with E-state index in [1.807, 2.05) is 5.32 Å². The van der Waals surface area contributed by atoms with E-state index in [1.165, 1.54) is 0 Å². The largest absolute Gasteiger partial charge is 0.417 e. The molecule has 1 aromatic carbocycles. The molecule has 4 nitrogen and oxygen atoms in total. The van der Waals surface area contributed by atoms with E-state index in [-0.39, 0.29) is 12.1 Å². The average molecular weight is 300 g/mol. The highest BCUT2D eigenvalue weighted by molar-refractivity contribution is 6.31. The Labute approximate surface area is 107 Å². The second kappa shape index (κ2) is 5.39. The van der Waals surface area contributed by atoms with Crippen molar-refractivity contribution in [2.45, 2.75) is 12.4 Å². The number of nitrogens with zero attached hydrogens (tertiary/aromatic N) is 1. The van der Waals surface area contributed by atoms with Crippen LogP contribution in [0.25, 0.3) is 0 Å². The van der Waals surface area contributed by atoms with Gasteiger partial charge in [0.2, 0.25) is 0 Å². The molecule has 20 heavy (non-hydrogen) atoms. The third-order valence-corrected chi connectivity index (χ3v) is 2.07. The number of rotatable bonds is 2. The molecule has 1 amide bonds. The van der Waals surface area contributed by atoms with Crippen molar-refractivity contribution in [3.05, 3.63) is 29.3 Å². The molecule has 0 aliphatic heterocycles. The average Bonchev–Trinajstić information content (AvgIpc) is 2.26. The van der Waals surface area contributed by atoms with Crippen molar-refractivity contribution in [3.63, 3.8) is 0 Å². The molecule has 0 radical (unpaired) electrons. The van der Waals surface area contributed by atoms with Gasteiger partial charge in [0.05, 0.1) is 11.1 Å². The molecule has 0 fully saturated rings. The van der Waals surface area contributed by atoms with Crippen molar-refractivity contribution >= 4 is 17.8 Å². The van der Waals surface area contributed by atoms with Crippen LogP contribution in [0, 0.1) is 0 Å². The Morgan fingerprint density at radius 2 is 1.65 bits per heavy atom. The number of oxime groups is 1. The first-order valence-electron chi connectivity index (χ1n) is 4.82. The van der Waals surface area contributed by atoms with Crippen molar-refractivity contribution < 1.29 is 36.3 Å². The molecule has 110 valence electrons. The van der Waals surface area contributed by atoms with Gasteiger partial charge in [-0.05, 0) is 18.2 Å². The normalized spacial score (nSPS) is 12.7. The molecule has 0 saturated heterocycles. The quantitative estimate of drug-likeness (QED) is 0.381. The zero-order chi connectivity index (χ0) is 15.6. The summed E-state index contributed by atoms with van der Waals surface area (Å²) < 4.78 is 75.1. The van der Waals surface area contributed by atoms with Crippen LogP contribution in [0.1, 0.15) is 11.1 Å². The molecule has 0 heterocycles. The lowest BCUT2D eigenvalue weighted by Gasteiger charge is -2.16. The van der Waals surface area contributed by atoms with E-state index >= 15 is 0 Å². The van der Waals surface area contributed by atoms with E-state index in [2.05, 4.69) is 5.16 Å². The van der Waals surface area contributed by atoms with Crippen LogP contribution >= 0.6 is 0 Å². The minimum atomic E-state index is -5.24. The Morgan fingerprint density at radius 3 is 2.10 bits per heavy atom. The Bertz CT molecular complexity index is 536. The van der Waals surface area contributed by atoms with Crippen LogP contribution in [0.5, 0.6) is 0 Å². The molecule has 1 rings (SSSR count). The van der Waals surface area contributed by atoms with Gasteiger partial charge in [-0.3, -0.25) is 4.79 Å². The van der Waals surface area contributed by atoms with Gasteiger partial charge < -0.3 is 10.5 Å². The summed E-state index contributed by atoms with van der Waals surface area (Å²) in [4.78, 5) is 10.9. The van der Waals surface area contributed by atoms with Gasteiger partial charge >= 0.3 is 12.4 Å². The zero-order valence-electron chi connectivity index (χ0n) is 9.38. The Kier molecular flexibility index (Phi) is 4.26. The van der Waals surface area contributed by atoms with Gasteiger partial charge in [-0.25, -0.2) is 0 Å². The zero-order valence-corrected chi connectivity index (χ0v) is 9.38. The topological polar surface area (TPSA) is 61.7 Å². The summed E-state index contributed by atoms with van der Waals surface area (Å²) in [7, 11) is 0. The third kappa shape index (κ3) is 3.87. The molecule has 2 N–H and O–H groups in total. The molecule has 1 aromatic rings. The summed E-state index contributed by atoms with van der Waals surface area (Å²) in [6.45, 7) is 0.